The third kappa shape index (κ3) is 6.42. The van der Waals surface area contributed by atoms with Crippen molar-refractivity contribution in [3.05, 3.63) is 71.9 Å². The third-order valence-corrected chi connectivity index (χ3v) is 6.97. The summed E-state index contributed by atoms with van der Waals surface area (Å²) in [6.07, 6.45) is 12.9. The van der Waals surface area contributed by atoms with E-state index in [4.69, 9.17) is 0 Å². The van der Waals surface area contributed by atoms with E-state index < -0.39 is 30.0 Å². The van der Waals surface area contributed by atoms with Crippen LogP contribution in [0.15, 0.2) is 71.9 Å². The van der Waals surface area contributed by atoms with E-state index in [1.54, 1.807) is 12.2 Å². The predicted octanol–water partition coefficient (Wildman–Crippen LogP) is 1.97. The minimum atomic E-state index is -1.68. The highest BCUT2D eigenvalue weighted by atomic mass is 16.4. The smallest absolute Gasteiger partial charge is 0.227 e. The summed E-state index contributed by atoms with van der Waals surface area (Å²) in [6, 6.07) is 0. The fraction of sp³-hybridized carbons (Fsp3) is 0.464. The van der Waals surface area contributed by atoms with Crippen LogP contribution < -0.4 is 5.32 Å². The number of ketones is 2. The van der Waals surface area contributed by atoms with Crippen molar-refractivity contribution in [3.63, 3.8) is 0 Å². The second-order valence-electron chi connectivity index (χ2n) is 9.77. The first kappa shape index (κ1) is 26.7. The Balaban J connectivity index is 2.00. The molecule has 4 N–H and O–H groups in total. The van der Waals surface area contributed by atoms with Gasteiger partial charge in [0.2, 0.25) is 5.91 Å². The molecule has 0 bridgehead atoms. The van der Waals surface area contributed by atoms with Gasteiger partial charge < -0.3 is 20.6 Å². The van der Waals surface area contributed by atoms with Crippen molar-refractivity contribution in [1.29, 1.82) is 0 Å². The van der Waals surface area contributed by atoms with Crippen LogP contribution in [0.3, 0.4) is 0 Å². The molecule has 1 heterocycles. The molecule has 0 aromatic rings. The molecule has 0 unspecified atom stereocenters. The summed E-state index contributed by atoms with van der Waals surface area (Å²) >= 11 is 0. The van der Waals surface area contributed by atoms with E-state index in [2.05, 4.69) is 5.32 Å². The molecule has 3 aliphatic rings. The van der Waals surface area contributed by atoms with E-state index in [1.807, 2.05) is 57.2 Å². The highest BCUT2D eigenvalue weighted by Gasteiger charge is 2.54. The number of hydrogen-bond donors (Lipinski definition) is 4. The number of rotatable bonds is 0. The molecule has 7 heteroatoms. The molecule has 3 rings (SSSR count). The maximum absolute atomic E-state index is 13.1. The van der Waals surface area contributed by atoms with Crippen molar-refractivity contribution in [3.8, 4) is 0 Å². The van der Waals surface area contributed by atoms with Crippen molar-refractivity contribution in [2.24, 2.45) is 29.6 Å². The van der Waals surface area contributed by atoms with Gasteiger partial charge >= 0.3 is 0 Å². The molecule has 0 aromatic heterocycles. The second kappa shape index (κ2) is 11.7. The topological polar surface area (TPSA) is 124 Å². The Morgan fingerprint density at radius 3 is 2.37 bits per heavy atom. The Bertz CT molecular complexity index is 1020. The molecule has 1 saturated carbocycles. The second-order valence-corrected chi connectivity index (χ2v) is 9.77. The Morgan fingerprint density at radius 2 is 1.63 bits per heavy atom. The van der Waals surface area contributed by atoms with Crippen molar-refractivity contribution in [2.75, 3.05) is 6.54 Å². The van der Waals surface area contributed by atoms with Crippen LogP contribution >= 0.6 is 0 Å². The van der Waals surface area contributed by atoms with Gasteiger partial charge in [0.15, 0.2) is 11.6 Å². The highest BCUT2D eigenvalue weighted by Crippen LogP contribution is 2.53. The van der Waals surface area contributed by atoms with Crippen LogP contribution in [0.1, 0.15) is 27.2 Å². The Morgan fingerprint density at radius 1 is 0.886 bits per heavy atom. The van der Waals surface area contributed by atoms with E-state index in [-0.39, 0.29) is 41.8 Å². The lowest BCUT2D eigenvalue weighted by molar-refractivity contribution is -0.151. The monoisotopic (exact) mass is 481 g/mol. The standard InChI is InChI=1S/C28H35NO6/c1-16-9-10-19(30)14-23(32)29-15-17(2)7-5-4-6-8-18(3)24-20-11-12-22(31)26(33)28(35)27(34)25(20)21(24)13-16/h4-13,17,20-22,24-26,28,31,33,35H,14-15H2,1-3H3,(H,29,32)/b6-4+,7-5+,10-9+,12-11-,16-13+,18-8+/t17-,20-,21-,22-,24+,25-,26-,28-/m1/s1. The molecular weight excluding hydrogens is 446 g/mol. The summed E-state index contributed by atoms with van der Waals surface area (Å²) in [7, 11) is 0. The first-order valence-electron chi connectivity index (χ1n) is 12.0. The van der Waals surface area contributed by atoms with Crippen molar-refractivity contribution < 1.29 is 29.7 Å². The van der Waals surface area contributed by atoms with Crippen LogP contribution in [-0.2, 0) is 14.4 Å². The minimum Gasteiger partial charge on any atom is -0.387 e. The van der Waals surface area contributed by atoms with E-state index >= 15 is 0 Å². The Hall–Kier alpha value is -2.87. The predicted molar refractivity (Wildman–Crippen MR) is 133 cm³/mol. The molecule has 188 valence electrons. The third-order valence-electron chi connectivity index (χ3n) is 6.97. The maximum Gasteiger partial charge on any atom is 0.227 e. The fourth-order valence-corrected chi connectivity index (χ4v) is 5.00. The van der Waals surface area contributed by atoms with Crippen molar-refractivity contribution in [1.82, 2.24) is 5.32 Å². The number of carbonyl (C=O) groups is 3. The number of aliphatic hydroxyl groups is 3. The SMILES string of the molecule is CC1=C\[C@H]2[C@@H]3C(=O)[C@H](O)[C@H](O)[C@H](O)/C=C\[C@@H]3[C@@H]2/C(C)=C/C=C/C=C/[C@@H](C)CNC(=O)CC(=O)\C=C\1. The number of carbonyl (C=O) groups excluding carboxylic acids is 3. The number of nitrogens with one attached hydrogen (secondary N) is 1. The van der Waals surface area contributed by atoms with Gasteiger partial charge in [0.05, 0.1) is 6.42 Å². The van der Waals surface area contributed by atoms with Gasteiger partial charge in [0, 0.05) is 12.5 Å². The molecule has 7 nitrogen and oxygen atoms in total. The lowest BCUT2D eigenvalue weighted by Gasteiger charge is -2.51. The largest absolute Gasteiger partial charge is 0.387 e. The van der Waals surface area contributed by atoms with Gasteiger partial charge in [-0.25, -0.2) is 0 Å². The van der Waals surface area contributed by atoms with E-state index in [0.717, 1.165) is 11.1 Å². The molecule has 0 aromatic carbocycles. The maximum atomic E-state index is 13.1. The van der Waals surface area contributed by atoms with Gasteiger partial charge in [0.25, 0.3) is 0 Å². The molecule has 1 aliphatic heterocycles. The molecule has 35 heavy (non-hydrogen) atoms. The van der Waals surface area contributed by atoms with Gasteiger partial charge in [-0.1, -0.05) is 72.8 Å². The molecule has 0 spiro atoms. The summed E-state index contributed by atoms with van der Waals surface area (Å²) in [5.74, 6) is -2.21. The molecular formula is C28H35NO6. The molecule has 0 saturated heterocycles. The summed E-state index contributed by atoms with van der Waals surface area (Å²) < 4.78 is 0. The number of fused-ring (bicyclic) bond motifs is 4. The van der Waals surface area contributed by atoms with Gasteiger partial charge in [-0.05, 0) is 43.6 Å². The van der Waals surface area contributed by atoms with Crippen LogP contribution in [0.25, 0.3) is 0 Å². The summed E-state index contributed by atoms with van der Waals surface area (Å²) in [5.41, 5.74) is 1.79. The first-order chi connectivity index (χ1) is 16.6. The molecule has 0 radical (unpaired) electrons. The Labute approximate surface area is 206 Å². The average Bonchev–Trinajstić information content (AvgIpc) is 2.80. The summed E-state index contributed by atoms with van der Waals surface area (Å²) in [4.78, 5) is 37.4. The van der Waals surface area contributed by atoms with Crippen LogP contribution in [0, 0.1) is 29.6 Å². The lowest BCUT2D eigenvalue weighted by atomic mass is 9.51. The van der Waals surface area contributed by atoms with Crippen molar-refractivity contribution >= 4 is 17.5 Å². The Kier molecular flexibility index (Phi) is 8.94. The van der Waals surface area contributed by atoms with Gasteiger partial charge in [-0.3, -0.25) is 14.4 Å². The normalized spacial score (nSPS) is 43.5. The van der Waals surface area contributed by atoms with Crippen LogP contribution in [0.5, 0.6) is 0 Å². The number of Topliss-reactive ketones (excluding diaryl/α,β-unsaturated/α-hetero) is 1. The van der Waals surface area contributed by atoms with Crippen LogP contribution in [-0.4, -0.2) is 57.6 Å². The number of amides is 1. The van der Waals surface area contributed by atoms with Crippen LogP contribution in [0.4, 0.5) is 0 Å². The molecule has 1 fully saturated rings. The zero-order valence-electron chi connectivity index (χ0n) is 20.4. The highest BCUT2D eigenvalue weighted by molar-refractivity contribution is 6.03. The minimum absolute atomic E-state index is 0.0638. The zero-order chi connectivity index (χ0) is 25.7. The van der Waals surface area contributed by atoms with E-state index in [9.17, 15) is 29.7 Å². The summed E-state index contributed by atoms with van der Waals surface area (Å²) in [5, 5.41) is 33.4. The lowest BCUT2D eigenvalue weighted by Crippen LogP contribution is -2.56. The first-order valence-corrected chi connectivity index (χ1v) is 12.0. The molecule has 2 aliphatic carbocycles. The quantitative estimate of drug-likeness (QED) is 0.310. The van der Waals surface area contributed by atoms with Crippen molar-refractivity contribution in [2.45, 2.75) is 45.5 Å². The number of allylic oxidation sites excluding steroid dienone is 10. The van der Waals surface area contributed by atoms with Gasteiger partial charge in [0.1, 0.15) is 18.3 Å². The van der Waals surface area contributed by atoms with Gasteiger partial charge in [-0.2, -0.15) is 0 Å². The fourth-order valence-electron chi connectivity index (χ4n) is 5.00. The van der Waals surface area contributed by atoms with Crippen LogP contribution in [0.2, 0.25) is 0 Å². The van der Waals surface area contributed by atoms with E-state index in [0.29, 0.717) is 6.54 Å². The number of hydrogen-bond acceptors (Lipinski definition) is 6. The molecule has 8 atom stereocenters. The zero-order valence-corrected chi connectivity index (χ0v) is 20.4. The molecule has 1 amide bonds. The summed E-state index contributed by atoms with van der Waals surface area (Å²) in [6.45, 7) is 6.21. The van der Waals surface area contributed by atoms with Gasteiger partial charge in [-0.15, -0.1) is 0 Å². The van der Waals surface area contributed by atoms with E-state index in [1.165, 1.54) is 12.2 Å². The average molecular weight is 482 g/mol. The number of aliphatic hydroxyl groups excluding tert-OH is 3.